The Balaban J connectivity index is 0.00000112. The molecule has 1 unspecified atom stereocenters. The van der Waals surface area contributed by atoms with E-state index in [0.717, 1.165) is 17.6 Å². The fourth-order valence-corrected chi connectivity index (χ4v) is 1.55. The Kier molecular flexibility index (Phi) is 4.50. The fourth-order valence-electron chi connectivity index (χ4n) is 1.20. The summed E-state index contributed by atoms with van der Waals surface area (Å²) in [5.74, 6) is 0.569. The van der Waals surface area contributed by atoms with Crippen LogP contribution in [0, 0.1) is 0 Å². The van der Waals surface area contributed by atoms with Gasteiger partial charge in [-0.1, -0.05) is 6.07 Å². The number of hydrogen-bond donors (Lipinski definition) is 2. The van der Waals surface area contributed by atoms with Crippen molar-refractivity contribution in [3.05, 3.63) is 22.8 Å². The molecule has 0 bridgehead atoms. The van der Waals surface area contributed by atoms with Crippen molar-refractivity contribution in [3.63, 3.8) is 0 Å². The maximum atomic E-state index is 11.5. The molecule has 0 aliphatic carbocycles. The molecule has 0 spiro atoms. The second-order valence-electron chi connectivity index (χ2n) is 3.13. The summed E-state index contributed by atoms with van der Waals surface area (Å²) in [5, 5.41) is 5.77. The highest BCUT2D eigenvalue weighted by Gasteiger charge is 2.24. The van der Waals surface area contributed by atoms with Crippen LogP contribution in [0.2, 0.25) is 0 Å². The third-order valence-electron chi connectivity index (χ3n) is 2.11. The molecule has 1 atom stereocenters. The highest BCUT2D eigenvalue weighted by Crippen LogP contribution is 2.11. The minimum absolute atomic E-state index is 0. The number of carbonyl (C=O) groups is 1. The van der Waals surface area contributed by atoms with Crippen molar-refractivity contribution in [2.45, 2.75) is 12.5 Å². The topological polar surface area (TPSA) is 54.0 Å². The zero-order chi connectivity index (χ0) is 9.97. The highest BCUT2D eigenvalue weighted by atomic mass is 79.9. The van der Waals surface area contributed by atoms with Crippen LogP contribution in [-0.4, -0.2) is 23.5 Å². The van der Waals surface area contributed by atoms with Gasteiger partial charge in [-0.2, -0.15) is 0 Å². The van der Waals surface area contributed by atoms with Gasteiger partial charge in [-0.15, -0.1) is 12.4 Å². The van der Waals surface area contributed by atoms with E-state index in [1.54, 1.807) is 6.07 Å². The lowest BCUT2D eigenvalue weighted by atomic mass is 10.1. The van der Waals surface area contributed by atoms with Gasteiger partial charge in [-0.3, -0.25) is 4.79 Å². The van der Waals surface area contributed by atoms with Crippen LogP contribution in [0.25, 0.3) is 0 Å². The highest BCUT2D eigenvalue weighted by molar-refractivity contribution is 9.10. The zero-order valence-electron chi connectivity index (χ0n) is 7.87. The average Bonchev–Trinajstić information content (AvgIpc) is 1.99. The van der Waals surface area contributed by atoms with Gasteiger partial charge in [-0.25, -0.2) is 4.98 Å². The Morgan fingerprint density at radius 1 is 1.60 bits per heavy atom. The van der Waals surface area contributed by atoms with Crippen LogP contribution in [0.1, 0.15) is 6.42 Å². The maximum Gasteiger partial charge on any atom is 0.242 e. The predicted molar refractivity (Wildman–Crippen MR) is 64.2 cm³/mol. The molecule has 1 aliphatic rings. The molecule has 4 nitrogen and oxygen atoms in total. The van der Waals surface area contributed by atoms with Gasteiger partial charge in [-0.05, 0) is 41.0 Å². The number of anilines is 1. The summed E-state index contributed by atoms with van der Waals surface area (Å²) in [6.45, 7) is 0.921. The molecule has 1 aliphatic heterocycles. The Labute approximate surface area is 102 Å². The smallest absolute Gasteiger partial charge is 0.242 e. The molecule has 6 heteroatoms. The molecule has 1 fully saturated rings. The number of pyridine rings is 1. The van der Waals surface area contributed by atoms with E-state index in [-0.39, 0.29) is 24.4 Å². The van der Waals surface area contributed by atoms with Gasteiger partial charge in [0.15, 0.2) is 0 Å². The van der Waals surface area contributed by atoms with Crippen LogP contribution in [-0.2, 0) is 4.79 Å². The van der Waals surface area contributed by atoms with E-state index in [9.17, 15) is 4.79 Å². The van der Waals surface area contributed by atoms with Crippen LogP contribution in [0.3, 0.4) is 0 Å². The number of amides is 1. The first-order valence-electron chi connectivity index (χ1n) is 4.42. The summed E-state index contributed by atoms with van der Waals surface area (Å²) in [7, 11) is 0. The van der Waals surface area contributed by atoms with E-state index in [2.05, 4.69) is 31.5 Å². The van der Waals surface area contributed by atoms with Crippen molar-refractivity contribution in [2.24, 2.45) is 0 Å². The number of nitrogens with one attached hydrogen (secondary N) is 2. The van der Waals surface area contributed by atoms with Gasteiger partial charge in [0.2, 0.25) is 5.91 Å². The van der Waals surface area contributed by atoms with Crippen molar-refractivity contribution >= 4 is 40.1 Å². The first kappa shape index (κ1) is 12.4. The molecule has 82 valence electrons. The van der Waals surface area contributed by atoms with E-state index < -0.39 is 0 Å². The lowest BCUT2D eigenvalue weighted by molar-refractivity contribution is -0.119. The fraction of sp³-hybridized carbons (Fsp3) is 0.333. The minimum Gasteiger partial charge on any atom is -0.309 e. The number of rotatable bonds is 2. The summed E-state index contributed by atoms with van der Waals surface area (Å²) in [6, 6.07) is 5.37. The molecule has 15 heavy (non-hydrogen) atoms. The lowest BCUT2D eigenvalue weighted by Crippen LogP contribution is -2.50. The Morgan fingerprint density at radius 3 is 2.87 bits per heavy atom. The molecule has 0 aromatic carbocycles. The predicted octanol–water partition coefficient (Wildman–Crippen LogP) is 1.57. The van der Waals surface area contributed by atoms with Crippen molar-refractivity contribution in [1.29, 1.82) is 0 Å². The van der Waals surface area contributed by atoms with Crippen molar-refractivity contribution in [3.8, 4) is 0 Å². The molecule has 0 saturated carbocycles. The summed E-state index contributed by atoms with van der Waals surface area (Å²) in [6.07, 6.45) is 0.903. The van der Waals surface area contributed by atoms with Crippen LogP contribution in [0.15, 0.2) is 22.8 Å². The first-order chi connectivity index (χ1) is 6.75. The monoisotopic (exact) mass is 291 g/mol. The number of nitrogens with zero attached hydrogens (tertiary/aromatic N) is 1. The van der Waals surface area contributed by atoms with Crippen molar-refractivity contribution in [1.82, 2.24) is 10.3 Å². The van der Waals surface area contributed by atoms with Crippen LogP contribution in [0.5, 0.6) is 0 Å². The molecule has 2 rings (SSSR count). The third-order valence-corrected chi connectivity index (χ3v) is 2.55. The van der Waals surface area contributed by atoms with E-state index in [1.807, 2.05) is 12.1 Å². The molecule has 2 heterocycles. The molecule has 1 aromatic rings. The van der Waals surface area contributed by atoms with E-state index in [0.29, 0.717) is 5.82 Å². The number of carbonyl (C=O) groups excluding carboxylic acids is 1. The maximum absolute atomic E-state index is 11.5. The summed E-state index contributed by atoms with van der Waals surface area (Å²) >= 11 is 3.24. The Hall–Kier alpha value is -0.650. The van der Waals surface area contributed by atoms with Gasteiger partial charge in [0.1, 0.15) is 10.4 Å². The quantitative estimate of drug-likeness (QED) is 0.814. The van der Waals surface area contributed by atoms with Gasteiger partial charge in [0.05, 0.1) is 6.04 Å². The summed E-state index contributed by atoms with van der Waals surface area (Å²) in [4.78, 5) is 15.6. The minimum atomic E-state index is -0.0456. The molecule has 0 radical (unpaired) electrons. The van der Waals surface area contributed by atoms with Gasteiger partial charge in [0.25, 0.3) is 0 Å². The standard InChI is InChI=1S/C9H10BrN3O.ClH/c10-7-2-1-3-8(12-7)13-9(14)6-4-5-11-6;/h1-3,6,11H,4-5H2,(H,12,13,14);1H. The first-order valence-corrected chi connectivity index (χ1v) is 5.22. The summed E-state index contributed by atoms with van der Waals surface area (Å²) < 4.78 is 0.719. The van der Waals surface area contributed by atoms with E-state index >= 15 is 0 Å². The van der Waals surface area contributed by atoms with Crippen LogP contribution < -0.4 is 10.6 Å². The SMILES string of the molecule is Cl.O=C(Nc1cccc(Br)n1)C1CCN1. The van der Waals surface area contributed by atoms with Gasteiger partial charge < -0.3 is 10.6 Å². The third kappa shape index (κ3) is 3.15. The summed E-state index contributed by atoms with van der Waals surface area (Å²) in [5.41, 5.74) is 0. The molecular formula is C9H11BrClN3O. The molecular weight excluding hydrogens is 281 g/mol. The average molecular weight is 293 g/mol. The number of hydrogen-bond acceptors (Lipinski definition) is 3. The number of aromatic nitrogens is 1. The second-order valence-corrected chi connectivity index (χ2v) is 3.94. The van der Waals surface area contributed by atoms with E-state index in [1.165, 1.54) is 0 Å². The second kappa shape index (κ2) is 5.44. The lowest BCUT2D eigenvalue weighted by Gasteiger charge is -2.25. The molecule has 2 N–H and O–H groups in total. The van der Waals surface area contributed by atoms with Crippen LogP contribution in [0.4, 0.5) is 5.82 Å². The molecule has 1 aromatic heterocycles. The normalized spacial score (nSPS) is 18.6. The number of halogens is 2. The molecule has 1 saturated heterocycles. The van der Waals surface area contributed by atoms with Crippen molar-refractivity contribution < 1.29 is 4.79 Å². The zero-order valence-corrected chi connectivity index (χ0v) is 10.3. The van der Waals surface area contributed by atoms with Crippen molar-refractivity contribution in [2.75, 3.05) is 11.9 Å². The molecule has 1 amide bonds. The Bertz CT molecular complexity index is 357. The van der Waals surface area contributed by atoms with Gasteiger partial charge >= 0.3 is 0 Å². The largest absolute Gasteiger partial charge is 0.309 e. The van der Waals surface area contributed by atoms with Gasteiger partial charge in [0, 0.05) is 0 Å². The van der Waals surface area contributed by atoms with E-state index in [4.69, 9.17) is 0 Å². The van der Waals surface area contributed by atoms with Crippen LogP contribution >= 0.6 is 28.3 Å². The Morgan fingerprint density at radius 2 is 2.33 bits per heavy atom.